The number of phenolic OH excluding ortho intramolecular Hbond substituents is 3. The average Bonchev–Trinajstić information content (AvgIpc) is 0.762. The molecule has 0 radical (unpaired) electrons. The lowest BCUT2D eigenvalue weighted by Crippen LogP contribution is -2.65. The van der Waals surface area contributed by atoms with Gasteiger partial charge < -0.3 is 128 Å². The number of hydrogen-bond acceptors (Lipinski definition) is 31. The normalized spacial score (nSPS) is 25.4. The summed E-state index contributed by atoms with van der Waals surface area (Å²) in [7, 11) is 1.46. The highest BCUT2D eigenvalue weighted by molar-refractivity contribution is 6.32. The number of primary amides is 1. The van der Waals surface area contributed by atoms with Gasteiger partial charge in [-0.05, 0) is 145 Å². The van der Waals surface area contributed by atoms with E-state index in [1.165, 1.54) is 55.2 Å². The first-order chi connectivity index (χ1) is 61.3. The molecule has 684 valence electrons. The molecule has 7 aliphatic heterocycles. The minimum absolute atomic E-state index is 0.0482. The Morgan fingerprint density at radius 3 is 2.03 bits per heavy atom. The van der Waals surface area contributed by atoms with Crippen LogP contribution >= 0.6 is 34.8 Å². The summed E-state index contributed by atoms with van der Waals surface area (Å²) < 4.78 is 40.6. The van der Waals surface area contributed by atoms with Gasteiger partial charge in [0.2, 0.25) is 59.3 Å². The fourth-order valence-corrected chi connectivity index (χ4v) is 15.6. The lowest BCUT2D eigenvalue weighted by molar-refractivity contribution is -0.334. The molecule has 0 spiro atoms. The van der Waals surface area contributed by atoms with E-state index in [2.05, 4.69) is 52.8 Å². The highest BCUT2D eigenvalue weighted by atomic mass is 35.5. The topological polar surface area (TPSA) is 634 Å². The number of nitrogens with one attached hydrogen (secondary N) is 11. The van der Waals surface area contributed by atoms with Gasteiger partial charge in [0.1, 0.15) is 101 Å². The molecule has 45 heteroatoms. The lowest BCUT2D eigenvalue weighted by Gasteiger charge is -2.48. The van der Waals surface area contributed by atoms with Crippen LogP contribution in [0.4, 0.5) is 5.82 Å². The van der Waals surface area contributed by atoms with Crippen molar-refractivity contribution in [2.75, 3.05) is 32.1 Å². The molecule has 2 saturated heterocycles. The van der Waals surface area contributed by atoms with E-state index in [4.69, 9.17) is 79.1 Å². The highest BCUT2D eigenvalue weighted by Gasteiger charge is 2.52. The van der Waals surface area contributed by atoms with Crippen molar-refractivity contribution in [3.05, 3.63) is 180 Å². The Balaban J connectivity index is 0.997. The number of hydrogen-bond donors (Lipinski definition) is 21. The van der Waals surface area contributed by atoms with E-state index in [9.17, 15) is 74.7 Å². The molecular formula is C84H90Cl3N15O27. The second kappa shape index (κ2) is 41.2. The summed E-state index contributed by atoms with van der Waals surface area (Å²) in [6.07, 6.45) is -14.3. The third-order valence-corrected chi connectivity index (χ3v) is 22.5. The second-order valence-corrected chi connectivity index (χ2v) is 32.5. The molecule has 11 bridgehead atoms. The quantitative estimate of drug-likeness (QED) is 0.0183. The summed E-state index contributed by atoms with van der Waals surface area (Å²) in [5.74, 6) is -18.2. The van der Waals surface area contributed by atoms with Crippen LogP contribution in [0.2, 0.25) is 15.1 Å². The van der Waals surface area contributed by atoms with Crippen LogP contribution < -0.4 is 84.3 Å². The predicted octanol–water partition coefficient (Wildman–Crippen LogP) is 0.860. The Morgan fingerprint density at radius 2 is 1.40 bits per heavy atom. The largest absolute Gasteiger partial charge is 0.508 e. The monoisotopic (exact) mass is 1850 g/mol. The lowest BCUT2D eigenvalue weighted by atomic mass is 9.85. The van der Waals surface area contributed by atoms with Gasteiger partial charge >= 0.3 is 5.69 Å². The highest BCUT2D eigenvalue weighted by Crippen LogP contribution is 2.50. The van der Waals surface area contributed by atoms with Crippen LogP contribution in [0.3, 0.4) is 0 Å². The number of carbonyl (C=O) groups is 10. The molecule has 18 atom stereocenters. The summed E-state index contributed by atoms with van der Waals surface area (Å²) >= 11 is 20.3. The maximum absolute atomic E-state index is 16.4. The number of aromatic nitrogens is 2. The molecule has 6 aromatic carbocycles. The number of likely N-dealkylation sites (N-methyl/N-ethyl adjacent to an activating group) is 1. The van der Waals surface area contributed by atoms with E-state index in [1.807, 2.05) is 5.48 Å². The number of nitrogens with zero attached hydrogens (tertiary/aromatic N) is 3. The molecule has 7 aliphatic rings. The Morgan fingerprint density at radius 1 is 0.744 bits per heavy atom. The van der Waals surface area contributed by atoms with Crippen LogP contribution in [0.15, 0.2) is 126 Å². The standard InChI is InChI=1S/C84H90Cl3N15O27/c1-35(2)22-48(90-5)75(115)99-66-68(110)39-10-15-52(46(86)24-39)125-54-26-41-27-55(72(54)129-82-73(71(113)70(112)56(32-103)127-82)128-61-31-84(4,74(114)36(3)124-61)92-19-21-102-20-18-58(95-83(102)122)94-59(108)17-8-37-6-12-42(85)13-7-37)126-53-16-11-40(25-47(53)87)69(111)67-80(120)98-65(81(121)101-123-33-60(109)91-34-88)45-28-43(104)29-51(106)62(45)44-23-38(9-14-50(44)105)63(77(117)100-67)97-78(118)64(41)96-76(116)49(30-57(89)107)93-79(66)119/h6-18,20,23-29,35-36,48-49,56,61,63-71,73-74,82,90,92,103-106,110-114H,19,21-22,30-33H2,1-5H3,(H2,89,107)(H,91,109)(H,93,119)(H,96,116)(H,97,118)(H,98,120)(H,99,115)(H,100,117)(H,101,121)(H,94,95,108,122)/b17-8+/t36-,48+,49-,56+,61-,63+,64+,65+,66+,67-,68+,69+,70+,71-,73+,74+,82-,84-/m0/s1. The first-order valence-electron chi connectivity index (χ1n) is 39.9. The summed E-state index contributed by atoms with van der Waals surface area (Å²) in [5, 5.41) is 140. The van der Waals surface area contributed by atoms with Crippen LogP contribution in [0, 0.1) is 17.4 Å². The van der Waals surface area contributed by atoms with E-state index >= 15 is 24.0 Å². The van der Waals surface area contributed by atoms with Crippen molar-refractivity contribution in [1.29, 1.82) is 5.26 Å². The van der Waals surface area contributed by atoms with Crippen LogP contribution in [-0.4, -0.2) is 220 Å². The fourth-order valence-electron chi connectivity index (χ4n) is 15.0. The Kier molecular flexibility index (Phi) is 30.5. The zero-order chi connectivity index (χ0) is 93.3. The van der Waals surface area contributed by atoms with Crippen LogP contribution in [-0.2, 0) is 73.5 Å². The number of ether oxygens (including phenoxy) is 6. The van der Waals surface area contributed by atoms with Crippen molar-refractivity contribution in [1.82, 2.24) is 62.9 Å². The van der Waals surface area contributed by atoms with Gasteiger partial charge in [0.05, 0.1) is 41.3 Å². The molecule has 8 heterocycles. The van der Waals surface area contributed by atoms with E-state index in [1.54, 1.807) is 50.4 Å². The van der Waals surface area contributed by atoms with Crippen LogP contribution in [0.5, 0.6) is 46.0 Å². The van der Waals surface area contributed by atoms with Gasteiger partial charge in [0.25, 0.3) is 11.8 Å². The maximum Gasteiger partial charge on any atom is 0.349 e. The van der Waals surface area contributed by atoms with Crippen molar-refractivity contribution in [2.45, 2.75) is 163 Å². The van der Waals surface area contributed by atoms with Crippen molar-refractivity contribution in [3.63, 3.8) is 0 Å². The number of aromatic hydroxyl groups is 3. The van der Waals surface area contributed by atoms with E-state index in [0.717, 1.165) is 72.8 Å². The number of nitrogens with two attached hydrogens (primary N) is 1. The number of amides is 10. The van der Waals surface area contributed by atoms with E-state index < -0.39 is 277 Å². The Hall–Kier alpha value is -12.7. The first kappa shape index (κ1) is 95.4. The number of rotatable bonds is 23. The average molecular weight is 1850 g/mol. The van der Waals surface area contributed by atoms with Crippen LogP contribution in [0.25, 0.3) is 17.2 Å². The molecule has 42 nitrogen and oxygen atoms in total. The maximum atomic E-state index is 16.4. The number of nitriles is 1. The fraction of sp³-hybridized carbons (Fsp3) is 0.369. The van der Waals surface area contributed by atoms with Crippen molar-refractivity contribution in [2.24, 2.45) is 11.7 Å². The number of hydroxylamine groups is 1. The number of aliphatic hydroxyl groups is 6. The van der Waals surface area contributed by atoms with Gasteiger partial charge in [-0.1, -0.05) is 79.0 Å². The van der Waals surface area contributed by atoms with Gasteiger partial charge in [-0.15, -0.1) is 0 Å². The number of anilines is 1. The molecule has 0 aliphatic carbocycles. The molecule has 7 aromatic rings. The zero-order valence-electron chi connectivity index (χ0n) is 68.9. The minimum Gasteiger partial charge on any atom is -0.508 e. The molecule has 10 amide bonds. The van der Waals surface area contributed by atoms with Gasteiger partial charge in [-0.3, -0.25) is 62.7 Å². The van der Waals surface area contributed by atoms with Crippen molar-refractivity contribution >= 4 is 106 Å². The number of carbonyl (C=O) groups excluding carboxylic acids is 10. The van der Waals surface area contributed by atoms with Crippen molar-refractivity contribution < 1.29 is 127 Å². The molecule has 0 saturated carbocycles. The van der Waals surface area contributed by atoms with E-state index in [0.29, 0.717) is 10.6 Å². The molecule has 22 N–H and O–H groups in total. The summed E-state index contributed by atoms with van der Waals surface area (Å²) in [5.41, 5.74) is 3.02. The third-order valence-electron chi connectivity index (χ3n) is 21.6. The van der Waals surface area contributed by atoms with Gasteiger partial charge in [0.15, 0.2) is 36.7 Å². The Bertz CT molecular complexity index is 5610. The summed E-state index contributed by atoms with van der Waals surface area (Å²) in [4.78, 5) is 168. The summed E-state index contributed by atoms with van der Waals surface area (Å²) in [6.45, 7) is 4.48. The predicted molar refractivity (Wildman–Crippen MR) is 451 cm³/mol. The molecule has 1 aromatic heterocycles. The summed E-state index contributed by atoms with van der Waals surface area (Å²) in [6, 6.07) is 6.59. The zero-order valence-corrected chi connectivity index (χ0v) is 71.2. The minimum atomic E-state index is -2.43. The molecule has 2 fully saturated rings. The SMILES string of the molecule is CN[C@H](CC(C)C)C(=O)N[C@H]1C(=O)N[C@@H](CC(N)=O)C(=O)N[C@H]2C(=O)N[C@H]3C(=O)N[C@H](C(=O)N[C@@H](C(=O)NOCC(=O)NC#N)c4cc(O)cc(O)c4-c4cc3ccc4O)[C@H](O)c3ccc(c(Cl)c3)Oc3cc2cc(c3O[C@@H]2O[C@H](CO)[C@@H](O)[C@H](O)[C@H]2O[C@H]2C[C@](C)(NCCn3ccc(NC(=O)/C=C/c4ccc(Cl)cc4)nc3=O)[C@H](O)[C@H](C)O2)Oc2ccc(cc2Cl)[C@H]1O. The second-order valence-electron chi connectivity index (χ2n) is 31.3. The number of halogens is 3. The number of aliphatic hydroxyl groups excluding tert-OH is 6. The molecule has 129 heavy (non-hydrogen) atoms. The van der Waals surface area contributed by atoms with Gasteiger partial charge in [-0.25, -0.2) is 10.3 Å². The van der Waals surface area contributed by atoms with Gasteiger partial charge in [-0.2, -0.15) is 10.2 Å². The number of phenols is 3. The third kappa shape index (κ3) is 22.4. The Labute approximate surface area is 747 Å². The smallest absolute Gasteiger partial charge is 0.349 e. The first-order valence-corrected chi connectivity index (χ1v) is 41.1. The number of fused-ring (bicyclic) bond motifs is 15. The number of benzene rings is 6. The molecule has 14 rings (SSSR count). The molecular weight excluding hydrogens is 1760 g/mol. The van der Waals surface area contributed by atoms with Crippen LogP contribution in [0.1, 0.15) is 111 Å². The molecule has 0 unspecified atom stereocenters. The van der Waals surface area contributed by atoms with Gasteiger partial charge in [0, 0.05) is 59.5 Å². The van der Waals surface area contributed by atoms with Crippen molar-refractivity contribution in [3.8, 4) is 63.3 Å². The van der Waals surface area contributed by atoms with E-state index in [-0.39, 0.29) is 48.8 Å².